The summed E-state index contributed by atoms with van der Waals surface area (Å²) in [5.41, 5.74) is 6.49. The lowest BCUT2D eigenvalue weighted by Crippen LogP contribution is -2.21. The molecule has 0 unspecified atom stereocenters. The predicted molar refractivity (Wildman–Crippen MR) is 77.8 cm³/mol. The first-order chi connectivity index (χ1) is 9.29. The maximum atomic E-state index is 5.80. The molecule has 0 bridgehead atoms. The van der Waals surface area contributed by atoms with Gasteiger partial charge in [-0.1, -0.05) is 0 Å². The molecule has 19 heavy (non-hydrogen) atoms. The highest BCUT2D eigenvalue weighted by molar-refractivity contribution is 5.51. The Labute approximate surface area is 115 Å². The van der Waals surface area contributed by atoms with Crippen molar-refractivity contribution in [2.24, 2.45) is 0 Å². The highest BCUT2D eigenvalue weighted by Crippen LogP contribution is 2.29. The molecule has 0 amide bonds. The molecule has 1 fully saturated rings. The maximum absolute atomic E-state index is 5.80. The largest absolute Gasteiger partial charge is 0.490 e. The van der Waals surface area contributed by atoms with E-state index in [1.165, 1.54) is 25.9 Å². The number of benzene rings is 1. The molecule has 0 atom stereocenters. The van der Waals surface area contributed by atoms with Gasteiger partial charge in [0.2, 0.25) is 0 Å². The smallest absolute Gasteiger partial charge is 0.163 e. The number of ether oxygens (including phenoxy) is 2. The van der Waals surface area contributed by atoms with Gasteiger partial charge in [0.1, 0.15) is 0 Å². The normalized spacial score (nSPS) is 15.6. The molecule has 0 spiro atoms. The minimum Gasteiger partial charge on any atom is -0.490 e. The minimum absolute atomic E-state index is 0.633. The Morgan fingerprint density at radius 1 is 1.16 bits per heavy atom. The van der Waals surface area contributed by atoms with Gasteiger partial charge >= 0.3 is 0 Å². The number of nitrogens with two attached hydrogens (primary N) is 1. The summed E-state index contributed by atoms with van der Waals surface area (Å²) >= 11 is 0. The summed E-state index contributed by atoms with van der Waals surface area (Å²) in [6, 6.07) is 5.54. The summed E-state index contributed by atoms with van der Waals surface area (Å²) in [6.07, 6.45) is 3.72. The second kappa shape index (κ2) is 7.24. The van der Waals surface area contributed by atoms with E-state index in [1.807, 2.05) is 25.1 Å². The van der Waals surface area contributed by atoms with Crippen LogP contribution in [-0.4, -0.2) is 37.7 Å². The molecule has 1 aliphatic rings. The van der Waals surface area contributed by atoms with Gasteiger partial charge in [-0.15, -0.1) is 0 Å². The monoisotopic (exact) mass is 264 g/mol. The number of hydrogen-bond acceptors (Lipinski definition) is 4. The van der Waals surface area contributed by atoms with E-state index in [0.29, 0.717) is 18.9 Å². The summed E-state index contributed by atoms with van der Waals surface area (Å²) in [5.74, 6) is 1.53. The SMILES string of the molecule is CCOc1ccc(N)cc1OCCCN1CCCC1. The molecule has 2 N–H and O–H groups in total. The molecule has 1 aromatic carbocycles. The van der Waals surface area contributed by atoms with Crippen molar-refractivity contribution in [2.75, 3.05) is 38.6 Å². The Morgan fingerprint density at radius 3 is 2.68 bits per heavy atom. The summed E-state index contributed by atoms with van der Waals surface area (Å²) in [6.45, 7) is 6.90. The van der Waals surface area contributed by atoms with Gasteiger partial charge in [0.05, 0.1) is 13.2 Å². The third-order valence-corrected chi connectivity index (χ3v) is 3.34. The summed E-state index contributed by atoms with van der Waals surface area (Å²) < 4.78 is 11.3. The van der Waals surface area contributed by atoms with Crippen LogP contribution in [0.4, 0.5) is 5.69 Å². The van der Waals surface area contributed by atoms with Crippen LogP contribution in [0.3, 0.4) is 0 Å². The van der Waals surface area contributed by atoms with E-state index >= 15 is 0 Å². The molecule has 0 aromatic heterocycles. The zero-order valence-corrected chi connectivity index (χ0v) is 11.7. The molecule has 0 radical (unpaired) electrons. The molecule has 1 heterocycles. The van der Waals surface area contributed by atoms with Gasteiger partial charge in [0.25, 0.3) is 0 Å². The topological polar surface area (TPSA) is 47.7 Å². The van der Waals surface area contributed by atoms with Gasteiger partial charge in [-0.3, -0.25) is 0 Å². The molecule has 1 saturated heterocycles. The van der Waals surface area contributed by atoms with Crippen molar-refractivity contribution in [3.8, 4) is 11.5 Å². The Kier molecular flexibility index (Phi) is 5.33. The molecular weight excluding hydrogens is 240 g/mol. The molecule has 1 aliphatic heterocycles. The Bertz CT molecular complexity index is 390. The second-order valence-electron chi connectivity index (χ2n) is 4.89. The summed E-state index contributed by atoms with van der Waals surface area (Å²) in [7, 11) is 0. The lowest BCUT2D eigenvalue weighted by atomic mass is 10.3. The zero-order valence-electron chi connectivity index (χ0n) is 11.7. The standard InChI is InChI=1S/C15H24N2O2/c1-2-18-14-7-6-13(16)12-15(14)19-11-5-10-17-8-3-4-9-17/h6-7,12H,2-5,8-11,16H2,1H3. The van der Waals surface area contributed by atoms with Crippen molar-refractivity contribution in [3.05, 3.63) is 18.2 Å². The van der Waals surface area contributed by atoms with Crippen molar-refractivity contribution < 1.29 is 9.47 Å². The van der Waals surface area contributed by atoms with E-state index in [2.05, 4.69) is 4.90 Å². The number of hydrogen-bond donors (Lipinski definition) is 1. The molecule has 4 heteroatoms. The van der Waals surface area contributed by atoms with E-state index in [1.54, 1.807) is 0 Å². The lowest BCUT2D eigenvalue weighted by Gasteiger charge is -2.16. The number of anilines is 1. The van der Waals surface area contributed by atoms with Crippen LogP contribution in [0.5, 0.6) is 11.5 Å². The first kappa shape index (κ1) is 14.0. The molecule has 2 rings (SSSR count). The van der Waals surface area contributed by atoms with Crippen LogP contribution in [-0.2, 0) is 0 Å². The third-order valence-electron chi connectivity index (χ3n) is 3.34. The van der Waals surface area contributed by atoms with Crippen molar-refractivity contribution in [2.45, 2.75) is 26.2 Å². The van der Waals surface area contributed by atoms with Crippen LogP contribution in [0.2, 0.25) is 0 Å². The van der Waals surface area contributed by atoms with E-state index in [-0.39, 0.29) is 0 Å². The highest BCUT2D eigenvalue weighted by atomic mass is 16.5. The van der Waals surface area contributed by atoms with E-state index in [4.69, 9.17) is 15.2 Å². The van der Waals surface area contributed by atoms with Crippen LogP contribution in [0.15, 0.2) is 18.2 Å². The summed E-state index contributed by atoms with van der Waals surface area (Å²) in [5, 5.41) is 0. The van der Waals surface area contributed by atoms with Crippen LogP contribution in [0, 0.1) is 0 Å². The van der Waals surface area contributed by atoms with Crippen molar-refractivity contribution >= 4 is 5.69 Å². The van der Waals surface area contributed by atoms with E-state index in [9.17, 15) is 0 Å². The highest BCUT2D eigenvalue weighted by Gasteiger charge is 2.11. The molecule has 106 valence electrons. The van der Waals surface area contributed by atoms with Crippen LogP contribution < -0.4 is 15.2 Å². The number of nitrogens with zero attached hydrogens (tertiary/aromatic N) is 1. The predicted octanol–water partition coefficient (Wildman–Crippen LogP) is 2.53. The first-order valence-corrected chi connectivity index (χ1v) is 7.17. The summed E-state index contributed by atoms with van der Waals surface area (Å²) in [4.78, 5) is 2.49. The van der Waals surface area contributed by atoms with E-state index in [0.717, 1.165) is 24.5 Å². The molecule has 4 nitrogen and oxygen atoms in total. The van der Waals surface area contributed by atoms with Crippen LogP contribution >= 0.6 is 0 Å². The van der Waals surface area contributed by atoms with Gasteiger partial charge in [0, 0.05) is 18.3 Å². The fourth-order valence-electron chi connectivity index (χ4n) is 2.39. The average Bonchev–Trinajstić information content (AvgIpc) is 2.91. The Balaban J connectivity index is 1.78. The quantitative estimate of drug-likeness (QED) is 0.607. The van der Waals surface area contributed by atoms with Crippen LogP contribution in [0.1, 0.15) is 26.2 Å². The maximum Gasteiger partial charge on any atom is 0.163 e. The van der Waals surface area contributed by atoms with Gasteiger partial charge in [-0.2, -0.15) is 0 Å². The average molecular weight is 264 g/mol. The number of nitrogen functional groups attached to an aromatic ring is 1. The Hall–Kier alpha value is -1.42. The molecule has 1 aromatic rings. The molecular formula is C15H24N2O2. The number of likely N-dealkylation sites (tertiary alicyclic amines) is 1. The fraction of sp³-hybridized carbons (Fsp3) is 0.600. The first-order valence-electron chi connectivity index (χ1n) is 7.17. The third kappa shape index (κ3) is 4.31. The zero-order chi connectivity index (χ0) is 13.5. The van der Waals surface area contributed by atoms with Crippen molar-refractivity contribution in [1.29, 1.82) is 0 Å². The second-order valence-corrected chi connectivity index (χ2v) is 4.89. The van der Waals surface area contributed by atoms with Crippen molar-refractivity contribution in [1.82, 2.24) is 4.90 Å². The van der Waals surface area contributed by atoms with Gasteiger partial charge in [0.15, 0.2) is 11.5 Å². The minimum atomic E-state index is 0.633. The van der Waals surface area contributed by atoms with E-state index < -0.39 is 0 Å². The van der Waals surface area contributed by atoms with Gasteiger partial charge in [-0.05, 0) is 51.4 Å². The fourth-order valence-corrected chi connectivity index (χ4v) is 2.39. The number of rotatable bonds is 7. The lowest BCUT2D eigenvalue weighted by molar-refractivity contribution is 0.248. The molecule has 0 aliphatic carbocycles. The van der Waals surface area contributed by atoms with Gasteiger partial charge < -0.3 is 20.1 Å². The van der Waals surface area contributed by atoms with Crippen LogP contribution in [0.25, 0.3) is 0 Å². The Morgan fingerprint density at radius 2 is 1.95 bits per heavy atom. The van der Waals surface area contributed by atoms with Gasteiger partial charge in [-0.25, -0.2) is 0 Å². The molecule has 0 saturated carbocycles. The van der Waals surface area contributed by atoms with Crippen molar-refractivity contribution in [3.63, 3.8) is 0 Å².